The highest BCUT2D eigenvalue weighted by Crippen LogP contribution is 2.44. The Morgan fingerprint density at radius 3 is 2.29 bits per heavy atom. The Kier molecular flexibility index (Phi) is 3.99. The standard InChI is InChI=1S/C15H18N4O2/c1-15(2)7-12(11(9-16)10-17)14(19(20)21)13(8-15)18-5-3-4-6-18/h3-8H2,1-2H3. The van der Waals surface area contributed by atoms with Gasteiger partial charge in [0, 0.05) is 13.1 Å². The van der Waals surface area contributed by atoms with Crippen LogP contribution >= 0.6 is 0 Å². The maximum Gasteiger partial charge on any atom is 0.293 e. The van der Waals surface area contributed by atoms with Crippen LogP contribution in [0.15, 0.2) is 22.5 Å². The summed E-state index contributed by atoms with van der Waals surface area (Å²) in [7, 11) is 0. The van der Waals surface area contributed by atoms with Gasteiger partial charge in [-0.15, -0.1) is 0 Å². The van der Waals surface area contributed by atoms with Crippen LogP contribution < -0.4 is 0 Å². The molecule has 0 saturated carbocycles. The Morgan fingerprint density at radius 2 is 1.81 bits per heavy atom. The minimum absolute atomic E-state index is 0.0191. The van der Waals surface area contributed by atoms with Crippen molar-refractivity contribution in [1.82, 2.24) is 4.90 Å². The van der Waals surface area contributed by atoms with Gasteiger partial charge in [0.05, 0.1) is 16.2 Å². The molecule has 110 valence electrons. The van der Waals surface area contributed by atoms with E-state index >= 15 is 0 Å². The van der Waals surface area contributed by atoms with Crippen LogP contribution in [0, 0.1) is 38.2 Å². The second-order valence-corrected chi connectivity index (χ2v) is 6.34. The van der Waals surface area contributed by atoms with Crippen molar-refractivity contribution in [2.24, 2.45) is 5.41 Å². The number of nitriles is 2. The van der Waals surface area contributed by atoms with E-state index in [0.29, 0.717) is 24.1 Å². The zero-order chi connectivity index (χ0) is 15.6. The van der Waals surface area contributed by atoms with Crippen LogP contribution in [0.2, 0.25) is 0 Å². The van der Waals surface area contributed by atoms with Gasteiger partial charge in [-0.2, -0.15) is 10.5 Å². The van der Waals surface area contributed by atoms with Gasteiger partial charge in [0.1, 0.15) is 17.7 Å². The lowest BCUT2D eigenvalue weighted by atomic mass is 9.74. The van der Waals surface area contributed by atoms with E-state index in [0.717, 1.165) is 25.9 Å². The van der Waals surface area contributed by atoms with E-state index in [1.54, 1.807) is 0 Å². The Morgan fingerprint density at radius 1 is 1.24 bits per heavy atom. The van der Waals surface area contributed by atoms with Crippen LogP contribution in [0.1, 0.15) is 39.5 Å². The zero-order valence-electron chi connectivity index (χ0n) is 12.3. The highest BCUT2D eigenvalue weighted by Gasteiger charge is 2.41. The molecule has 1 fully saturated rings. The molecule has 0 spiro atoms. The summed E-state index contributed by atoms with van der Waals surface area (Å²) in [5.74, 6) is 0. The number of nitrogens with zero attached hydrogens (tertiary/aromatic N) is 4. The van der Waals surface area contributed by atoms with Crippen LogP contribution in [-0.4, -0.2) is 22.9 Å². The van der Waals surface area contributed by atoms with Crippen molar-refractivity contribution in [3.63, 3.8) is 0 Å². The van der Waals surface area contributed by atoms with Crippen molar-refractivity contribution in [2.75, 3.05) is 13.1 Å². The molecule has 0 radical (unpaired) electrons. The van der Waals surface area contributed by atoms with Gasteiger partial charge in [-0.25, -0.2) is 0 Å². The summed E-state index contributed by atoms with van der Waals surface area (Å²) in [4.78, 5) is 13.2. The first-order valence-electron chi connectivity index (χ1n) is 7.06. The number of hydrogen-bond acceptors (Lipinski definition) is 5. The third kappa shape index (κ3) is 2.90. The quantitative estimate of drug-likeness (QED) is 0.442. The Labute approximate surface area is 124 Å². The van der Waals surface area contributed by atoms with E-state index < -0.39 is 4.92 Å². The predicted molar refractivity (Wildman–Crippen MR) is 76.1 cm³/mol. The Bertz CT molecular complexity index is 595. The molecule has 1 saturated heterocycles. The van der Waals surface area contributed by atoms with E-state index in [1.165, 1.54) is 0 Å². The van der Waals surface area contributed by atoms with Gasteiger partial charge < -0.3 is 4.90 Å². The lowest BCUT2D eigenvalue weighted by Crippen LogP contribution is -2.32. The fourth-order valence-corrected chi connectivity index (χ4v) is 3.17. The van der Waals surface area contributed by atoms with E-state index in [1.807, 2.05) is 30.9 Å². The summed E-state index contributed by atoms with van der Waals surface area (Å²) < 4.78 is 0. The average molecular weight is 286 g/mol. The summed E-state index contributed by atoms with van der Waals surface area (Å²) in [6.07, 6.45) is 3.04. The molecule has 0 aromatic rings. The van der Waals surface area contributed by atoms with Crippen LogP contribution in [0.4, 0.5) is 0 Å². The number of rotatable bonds is 2. The third-order valence-corrected chi connectivity index (χ3v) is 4.06. The van der Waals surface area contributed by atoms with Gasteiger partial charge in [0.15, 0.2) is 0 Å². The van der Waals surface area contributed by atoms with E-state index in [2.05, 4.69) is 0 Å². The number of nitro groups is 1. The molecule has 0 aromatic heterocycles. The molecule has 0 amide bonds. The Balaban J connectivity index is 2.66. The summed E-state index contributed by atoms with van der Waals surface area (Å²) in [6.45, 7) is 5.66. The molecule has 21 heavy (non-hydrogen) atoms. The van der Waals surface area contributed by atoms with E-state index in [4.69, 9.17) is 10.5 Å². The second-order valence-electron chi connectivity index (χ2n) is 6.34. The molecule has 6 nitrogen and oxygen atoms in total. The number of allylic oxidation sites excluding steroid dienone is 3. The fraction of sp³-hybridized carbons (Fsp3) is 0.600. The predicted octanol–water partition coefficient (Wildman–Crippen LogP) is 2.73. The van der Waals surface area contributed by atoms with Crippen molar-refractivity contribution >= 4 is 0 Å². The molecular weight excluding hydrogens is 268 g/mol. The van der Waals surface area contributed by atoms with Crippen LogP contribution in [-0.2, 0) is 0 Å². The van der Waals surface area contributed by atoms with Crippen molar-refractivity contribution < 1.29 is 4.92 Å². The lowest BCUT2D eigenvalue weighted by Gasteiger charge is -2.35. The molecule has 0 unspecified atom stereocenters. The van der Waals surface area contributed by atoms with Gasteiger partial charge in [0.2, 0.25) is 0 Å². The molecule has 0 bridgehead atoms. The van der Waals surface area contributed by atoms with Crippen LogP contribution in [0.25, 0.3) is 0 Å². The van der Waals surface area contributed by atoms with E-state index in [-0.39, 0.29) is 16.7 Å². The smallest absolute Gasteiger partial charge is 0.293 e. The van der Waals surface area contributed by atoms with Gasteiger partial charge in [0.25, 0.3) is 5.70 Å². The normalized spacial score (nSPS) is 21.0. The maximum atomic E-state index is 11.5. The lowest BCUT2D eigenvalue weighted by molar-refractivity contribution is -0.424. The van der Waals surface area contributed by atoms with Gasteiger partial charge in [-0.1, -0.05) is 13.8 Å². The SMILES string of the molecule is CC1(C)CC(=C(C#N)C#N)C([N+](=O)[O-])=C(N2CCCC2)C1. The molecule has 1 heterocycles. The van der Waals surface area contributed by atoms with Crippen LogP contribution in [0.5, 0.6) is 0 Å². The van der Waals surface area contributed by atoms with Crippen molar-refractivity contribution in [3.05, 3.63) is 32.7 Å². The number of likely N-dealkylation sites (tertiary alicyclic amines) is 1. The van der Waals surface area contributed by atoms with E-state index in [9.17, 15) is 10.1 Å². The largest absolute Gasteiger partial charge is 0.369 e. The summed E-state index contributed by atoms with van der Waals surface area (Å²) >= 11 is 0. The molecule has 0 N–H and O–H groups in total. The van der Waals surface area contributed by atoms with Crippen molar-refractivity contribution in [3.8, 4) is 12.1 Å². The zero-order valence-corrected chi connectivity index (χ0v) is 12.3. The summed E-state index contributed by atoms with van der Waals surface area (Å²) in [5, 5.41) is 29.8. The molecule has 0 aromatic carbocycles. The average Bonchev–Trinajstić information content (AvgIpc) is 2.91. The topological polar surface area (TPSA) is 94.0 Å². The molecule has 2 rings (SSSR count). The maximum absolute atomic E-state index is 11.5. The molecule has 1 aliphatic heterocycles. The second kappa shape index (κ2) is 5.57. The van der Waals surface area contributed by atoms with Gasteiger partial charge in [-0.3, -0.25) is 10.1 Å². The molecule has 6 heteroatoms. The molecule has 1 aliphatic carbocycles. The number of hydrogen-bond donors (Lipinski definition) is 0. The first-order chi connectivity index (χ1) is 9.89. The fourth-order valence-electron chi connectivity index (χ4n) is 3.17. The third-order valence-electron chi connectivity index (χ3n) is 4.06. The monoisotopic (exact) mass is 286 g/mol. The highest BCUT2D eigenvalue weighted by atomic mass is 16.6. The Hall–Kier alpha value is -2.34. The summed E-state index contributed by atoms with van der Waals surface area (Å²) in [5.41, 5.74) is 0.640. The van der Waals surface area contributed by atoms with Crippen LogP contribution in [0.3, 0.4) is 0 Å². The minimum Gasteiger partial charge on any atom is -0.369 e. The minimum atomic E-state index is -0.424. The summed E-state index contributed by atoms with van der Waals surface area (Å²) in [6, 6.07) is 3.63. The van der Waals surface area contributed by atoms with Gasteiger partial charge >= 0.3 is 0 Å². The van der Waals surface area contributed by atoms with Crippen molar-refractivity contribution in [2.45, 2.75) is 39.5 Å². The molecule has 2 aliphatic rings. The van der Waals surface area contributed by atoms with Gasteiger partial charge in [-0.05, 0) is 31.1 Å². The first-order valence-corrected chi connectivity index (χ1v) is 7.06. The molecular formula is C15H18N4O2. The first kappa shape index (κ1) is 15.1. The van der Waals surface area contributed by atoms with Crippen molar-refractivity contribution in [1.29, 1.82) is 10.5 Å². The highest BCUT2D eigenvalue weighted by molar-refractivity contribution is 5.50. The molecule has 0 atom stereocenters.